The summed E-state index contributed by atoms with van der Waals surface area (Å²) < 4.78 is 1.77. The second-order valence-electron chi connectivity index (χ2n) is 3.34. The van der Waals surface area contributed by atoms with Crippen LogP contribution in [0.3, 0.4) is 0 Å². The second kappa shape index (κ2) is 4.04. The molecule has 0 amide bonds. The Labute approximate surface area is 101 Å². The van der Waals surface area contributed by atoms with Crippen LogP contribution in [0.15, 0.2) is 5.38 Å². The molecule has 0 aromatic carbocycles. The molecule has 2 aromatic heterocycles. The molecule has 86 valence electrons. The van der Waals surface area contributed by atoms with E-state index in [1.54, 1.807) is 11.4 Å². The van der Waals surface area contributed by atoms with Gasteiger partial charge >= 0.3 is 5.97 Å². The maximum Gasteiger partial charge on any atom is 0.327 e. The van der Waals surface area contributed by atoms with E-state index < -0.39 is 12.0 Å². The zero-order valence-electron chi connectivity index (χ0n) is 8.69. The number of aryl methyl sites for hydroxylation is 1. The third-order valence-electron chi connectivity index (χ3n) is 2.33. The first-order chi connectivity index (χ1) is 7.56. The number of likely N-dealkylation sites (N-methyl/N-ethyl adjacent to an activating group) is 1. The van der Waals surface area contributed by atoms with Crippen LogP contribution in [0.1, 0.15) is 17.4 Å². The van der Waals surface area contributed by atoms with Crippen molar-refractivity contribution in [2.45, 2.75) is 13.0 Å². The van der Waals surface area contributed by atoms with Crippen molar-refractivity contribution in [2.24, 2.45) is 0 Å². The molecule has 0 bridgehead atoms. The van der Waals surface area contributed by atoms with Crippen LogP contribution >= 0.6 is 22.9 Å². The molecule has 5 nitrogen and oxygen atoms in total. The predicted molar refractivity (Wildman–Crippen MR) is 62.3 cm³/mol. The van der Waals surface area contributed by atoms with E-state index in [9.17, 15) is 4.79 Å². The standard InChI is InChI=1S/C9H10ClN3O2S/c1-4-3-16-9-12-7(10)6(13(4)9)5(11-2)8(14)15/h3,5,11H,1-2H3,(H,14,15). The smallest absolute Gasteiger partial charge is 0.327 e. The Morgan fingerprint density at radius 3 is 3.00 bits per heavy atom. The Morgan fingerprint density at radius 1 is 1.75 bits per heavy atom. The summed E-state index contributed by atoms with van der Waals surface area (Å²) in [5.74, 6) is -0.975. The fourth-order valence-electron chi connectivity index (χ4n) is 1.62. The van der Waals surface area contributed by atoms with E-state index in [0.717, 1.165) is 5.69 Å². The van der Waals surface area contributed by atoms with Crippen molar-refractivity contribution < 1.29 is 9.90 Å². The van der Waals surface area contributed by atoms with Crippen molar-refractivity contribution in [1.82, 2.24) is 14.7 Å². The molecular formula is C9H10ClN3O2S. The van der Waals surface area contributed by atoms with Crippen LogP contribution in [0.4, 0.5) is 0 Å². The number of rotatable bonds is 3. The van der Waals surface area contributed by atoms with Gasteiger partial charge in [-0.15, -0.1) is 11.3 Å². The monoisotopic (exact) mass is 259 g/mol. The molecule has 1 atom stereocenters. The van der Waals surface area contributed by atoms with E-state index in [2.05, 4.69) is 10.3 Å². The molecule has 0 saturated heterocycles. The van der Waals surface area contributed by atoms with Gasteiger partial charge in [-0.1, -0.05) is 11.6 Å². The van der Waals surface area contributed by atoms with Gasteiger partial charge in [0.25, 0.3) is 0 Å². The normalized spacial score (nSPS) is 13.2. The topological polar surface area (TPSA) is 66.6 Å². The number of thiazole rings is 1. The predicted octanol–water partition coefficient (Wildman–Crippen LogP) is 1.70. The molecule has 2 N–H and O–H groups in total. The molecule has 2 rings (SSSR count). The number of halogens is 1. The number of carbonyl (C=O) groups is 1. The van der Waals surface area contributed by atoms with Gasteiger partial charge in [0.2, 0.25) is 0 Å². The van der Waals surface area contributed by atoms with Crippen LogP contribution in [-0.2, 0) is 4.79 Å². The zero-order valence-corrected chi connectivity index (χ0v) is 10.3. The lowest BCUT2D eigenvalue weighted by Crippen LogP contribution is -2.26. The van der Waals surface area contributed by atoms with Gasteiger partial charge in [-0.3, -0.25) is 9.20 Å². The minimum absolute atomic E-state index is 0.233. The van der Waals surface area contributed by atoms with Crippen molar-refractivity contribution in [3.05, 3.63) is 21.9 Å². The van der Waals surface area contributed by atoms with Crippen LogP contribution in [-0.4, -0.2) is 27.5 Å². The van der Waals surface area contributed by atoms with Crippen molar-refractivity contribution >= 4 is 33.9 Å². The Hall–Kier alpha value is -1.11. The molecule has 0 saturated carbocycles. The van der Waals surface area contributed by atoms with Gasteiger partial charge in [0.05, 0.1) is 5.69 Å². The molecule has 16 heavy (non-hydrogen) atoms. The molecule has 2 aromatic rings. The third kappa shape index (κ3) is 1.59. The fraction of sp³-hybridized carbons (Fsp3) is 0.333. The largest absolute Gasteiger partial charge is 0.480 e. The lowest BCUT2D eigenvalue weighted by Gasteiger charge is -2.11. The lowest BCUT2D eigenvalue weighted by atomic mass is 10.2. The average molecular weight is 260 g/mol. The molecule has 0 aliphatic carbocycles. The van der Waals surface area contributed by atoms with Crippen LogP contribution in [0.2, 0.25) is 5.15 Å². The van der Waals surface area contributed by atoms with Gasteiger partial charge in [0.15, 0.2) is 10.1 Å². The minimum atomic E-state index is -0.975. The SMILES string of the molecule is CNC(C(=O)O)c1c(Cl)nc2scc(C)n12. The van der Waals surface area contributed by atoms with E-state index in [-0.39, 0.29) is 5.15 Å². The van der Waals surface area contributed by atoms with Crippen LogP contribution in [0, 0.1) is 6.92 Å². The van der Waals surface area contributed by atoms with Gasteiger partial charge in [0.1, 0.15) is 6.04 Å². The Morgan fingerprint density at radius 2 is 2.44 bits per heavy atom. The number of carboxylic acid groups (broad SMARTS) is 1. The van der Waals surface area contributed by atoms with E-state index >= 15 is 0 Å². The van der Waals surface area contributed by atoms with Crippen LogP contribution in [0.5, 0.6) is 0 Å². The summed E-state index contributed by atoms with van der Waals surface area (Å²) in [6, 6.07) is -0.851. The summed E-state index contributed by atoms with van der Waals surface area (Å²) >= 11 is 7.41. The highest BCUT2D eigenvalue weighted by molar-refractivity contribution is 7.15. The third-order valence-corrected chi connectivity index (χ3v) is 3.56. The summed E-state index contributed by atoms with van der Waals surface area (Å²) in [6.07, 6.45) is 0. The first kappa shape index (κ1) is 11.4. The van der Waals surface area contributed by atoms with E-state index in [1.807, 2.05) is 12.3 Å². The van der Waals surface area contributed by atoms with Crippen LogP contribution in [0.25, 0.3) is 4.96 Å². The summed E-state index contributed by atoms with van der Waals surface area (Å²) in [6.45, 7) is 1.89. The number of hydrogen-bond acceptors (Lipinski definition) is 4. The van der Waals surface area contributed by atoms with Crippen molar-refractivity contribution in [1.29, 1.82) is 0 Å². The van der Waals surface area contributed by atoms with Gasteiger partial charge in [0, 0.05) is 11.1 Å². The summed E-state index contributed by atoms with van der Waals surface area (Å²) in [4.78, 5) is 15.9. The quantitative estimate of drug-likeness (QED) is 0.881. The molecule has 7 heteroatoms. The number of hydrogen-bond donors (Lipinski definition) is 2. The highest BCUT2D eigenvalue weighted by atomic mass is 35.5. The first-order valence-corrected chi connectivity index (χ1v) is 5.84. The highest BCUT2D eigenvalue weighted by Crippen LogP contribution is 2.28. The average Bonchev–Trinajstić information content (AvgIpc) is 2.70. The van der Waals surface area contributed by atoms with E-state index in [0.29, 0.717) is 10.7 Å². The fourth-order valence-corrected chi connectivity index (χ4v) is 2.82. The molecule has 1 unspecified atom stereocenters. The Bertz CT molecular complexity index is 548. The summed E-state index contributed by atoms with van der Waals surface area (Å²) in [5.41, 5.74) is 1.40. The Kier molecular flexibility index (Phi) is 2.88. The molecule has 0 aliphatic heterocycles. The molecule has 0 spiro atoms. The van der Waals surface area contributed by atoms with E-state index in [1.165, 1.54) is 11.3 Å². The molecule has 0 fully saturated rings. The van der Waals surface area contributed by atoms with Crippen molar-refractivity contribution in [3.63, 3.8) is 0 Å². The maximum absolute atomic E-state index is 11.1. The number of fused-ring (bicyclic) bond motifs is 1. The molecule has 0 aliphatic rings. The highest BCUT2D eigenvalue weighted by Gasteiger charge is 2.26. The number of aromatic nitrogens is 2. The first-order valence-electron chi connectivity index (χ1n) is 4.58. The minimum Gasteiger partial charge on any atom is -0.480 e. The van der Waals surface area contributed by atoms with Crippen molar-refractivity contribution in [2.75, 3.05) is 7.05 Å². The number of carboxylic acids is 1. The van der Waals surface area contributed by atoms with E-state index in [4.69, 9.17) is 16.7 Å². The second-order valence-corrected chi connectivity index (χ2v) is 4.54. The number of imidazole rings is 1. The number of aliphatic carboxylic acids is 1. The van der Waals surface area contributed by atoms with Gasteiger partial charge in [-0.05, 0) is 14.0 Å². The zero-order chi connectivity index (χ0) is 11.9. The van der Waals surface area contributed by atoms with Crippen molar-refractivity contribution in [3.8, 4) is 0 Å². The summed E-state index contributed by atoms with van der Waals surface area (Å²) in [7, 11) is 1.58. The van der Waals surface area contributed by atoms with Gasteiger partial charge < -0.3 is 10.4 Å². The molecule has 0 radical (unpaired) electrons. The maximum atomic E-state index is 11.1. The lowest BCUT2D eigenvalue weighted by molar-refractivity contribution is -0.139. The number of nitrogens with one attached hydrogen (secondary N) is 1. The van der Waals surface area contributed by atoms with Gasteiger partial charge in [-0.2, -0.15) is 0 Å². The van der Waals surface area contributed by atoms with Gasteiger partial charge in [-0.25, -0.2) is 4.98 Å². The van der Waals surface area contributed by atoms with Crippen LogP contribution < -0.4 is 5.32 Å². The molecular weight excluding hydrogens is 250 g/mol. The number of nitrogens with zero attached hydrogens (tertiary/aromatic N) is 2. The molecule has 2 heterocycles. The summed E-state index contributed by atoms with van der Waals surface area (Å²) in [5, 5.41) is 14.0. The Balaban J connectivity index is 2.69.